The fraction of sp³-hybridized carbons (Fsp3) is 0.429. The van der Waals surface area contributed by atoms with Gasteiger partial charge in [0.1, 0.15) is 6.61 Å². The van der Waals surface area contributed by atoms with Crippen LogP contribution in [0.1, 0.15) is 43.0 Å². The van der Waals surface area contributed by atoms with Gasteiger partial charge in [-0.05, 0) is 61.4 Å². The first-order valence-electron chi connectivity index (χ1n) is 12.8. The first kappa shape index (κ1) is 22.9. The Kier molecular flexibility index (Phi) is 5.84. The van der Waals surface area contributed by atoms with Gasteiger partial charge in [0.25, 0.3) is 0 Å². The summed E-state index contributed by atoms with van der Waals surface area (Å²) in [6.07, 6.45) is 9.94. The third-order valence-electron chi connectivity index (χ3n) is 7.63. The number of carbonyl (C=O) groups is 1. The Hall–Kier alpha value is -3.52. The Morgan fingerprint density at radius 1 is 1.19 bits per heavy atom. The van der Waals surface area contributed by atoms with Gasteiger partial charge >= 0.3 is 0 Å². The largest absolute Gasteiger partial charge is 0.396 e. The molecule has 2 saturated carbocycles. The number of amides is 1. The molecule has 3 fully saturated rings. The van der Waals surface area contributed by atoms with Crippen molar-refractivity contribution in [2.24, 2.45) is 5.92 Å². The Morgan fingerprint density at radius 2 is 2.03 bits per heavy atom. The van der Waals surface area contributed by atoms with E-state index in [4.69, 9.17) is 15.5 Å². The number of rotatable bonds is 7. The van der Waals surface area contributed by atoms with Crippen LogP contribution in [-0.2, 0) is 9.53 Å². The molecule has 1 amide bonds. The van der Waals surface area contributed by atoms with E-state index in [2.05, 4.69) is 33.6 Å². The quantitative estimate of drug-likeness (QED) is 0.544. The molecular weight excluding hydrogens is 452 g/mol. The van der Waals surface area contributed by atoms with E-state index in [-0.39, 0.29) is 18.6 Å². The number of anilines is 2. The van der Waals surface area contributed by atoms with Crippen LogP contribution in [-0.4, -0.2) is 65.2 Å². The maximum absolute atomic E-state index is 12.7. The third kappa shape index (κ3) is 4.19. The summed E-state index contributed by atoms with van der Waals surface area (Å²) in [7, 11) is 1.58. The molecule has 6 rings (SSSR count). The second-order valence-corrected chi connectivity index (χ2v) is 10.2. The van der Waals surface area contributed by atoms with Gasteiger partial charge in [-0.3, -0.25) is 9.78 Å². The van der Waals surface area contributed by atoms with E-state index < -0.39 is 0 Å². The number of nitrogens with two attached hydrogens (primary N) is 1. The molecule has 0 unspecified atom stereocenters. The fourth-order valence-corrected chi connectivity index (χ4v) is 5.50. The molecule has 8 heteroatoms. The molecular formula is C28H32N6O2. The molecule has 0 aromatic carbocycles. The molecule has 0 bridgehead atoms. The number of ether oxygens (including phenoxy) is 1. The number of carbonyl (C=O) groups excluding carboxylic acids is 1. The van der Waals surface area contributed by atoms with Crippen LogP contribution in [0.25, 0.3) is 28.1 Å². The molecule has 2 N–H and O–H groups in total. The Morgan fingerprint density at radius 3 is 2.75 bits per heavy atom. The van der Waals surface area contributed by atoms with Gasteiger partial charge in [0.05, 0.1) is 34.8 Å². The number of hydrogen-bond donors (Lipinski definition) is 1. The summed E-state index contributed by atoms with van der Waals surface area (Å²) < 4.78 is 5.14. The second-order valence-electron chi connectivity index (χ2n) is 10.2. The van der Waals surface area contributed by atoms with Crippen molar-refractivity contribution < 1.29 is 9.53 Å². The first-order valence-corrected chi connectivity index (χ1v) is 12.8. The molecule has 8 nitrogen and oxygen atoms in total. The first-order chi connectivity index (χ1) is 17.6. The van der Waals surface area contributed by atoms with Crippen molar-refractivity contribution in [1.82, 2.24) is 19.9 Å². The highest BCUT2D eigenvalue weighted by Crippen LogP contribution is 2.47. The molecule has 2 aliphatic carbocycles. The molecule has 1 aliphatic heterocycles. The number of pyridine rings is 3. The van der Waals surface area contributed by atoms with Gasteiger partial charge in [0, 0.05) is 49.8 Å². The zero-order valence-corrected chi connectivity index (χ0v) is 20.7. The lowest BCUT2D eigenvalue weighted by atomic mass is 9.96. The van der Waals surface area contributed by atoms with Gasteiger partial charge in [0.2, 0.25) is 5.91 Å². The van der Waals surface area contributed by atoms with Gasteiger partial charge in [-0.1, -0.05) is 6.58 Å². The van der Waals surface area contributed by atoms with Gasteiger partial charge in [-0.15, -0.1) is 0 Å². The molecule has 36 heavy (non-hydrogen) atoms. The fourth-order valence-electron chi connectivity index (χ4n) is 5.50. The summed E-state index contributed by atoms with van der Waals surface area (Å²) in [5.41, 5.74) is 12.2. The molecule has 4 heterocycles. The third-order valence-corrected chi connectivity index (χ3v) is 7.63. The lowest BCUT2D eigenvalue weighted by Crippen LogP contribution is -2.57. The Bertz CT molecular complexity index is 1330. The second kappa shape index (κ2) is 9.17. The Balaban J connectivity index is 1.39. The summed E-state index contributed by atoms with van der Waals surface area (Å²) >= 11 is 0. The molecule has 0 spiro atoms. The minimum Gasteiger partial charge on any atom is -0.396 e. The van der Waals surface area contributed by atoms with E-state index >= 15 is 0 Å². The lowest BCUT2D eigenvalue weighted by Gasteiger charge is -2.42. The van der Waals surface area contributed by atoms with Crippen LogP contribution < -0.4 is 10.6 Å². The molecule has 1 saturated heterocycles. The zero-order valence-electron chi connectivity index (χ0n) is 20.7. The maximum Gasteiger partial charge on any atom is 0.248 e. The van der Waals surface area contributed by atoms with E-state index in [1.807, 2.05) is 11.0 Å². The van der Waals surface area contributed by atoms with E-state index in [0.717, 1.165) is 58.6 Å². The van der Waals surface area contributed by atoms with Crippen molar-refractivity contribution in [3.8, 4) is 11.1 Å². The average Bonchev–Trinajstić information content (AvgIpc) is 3.81. The summed E-state index contributed by atoms with van der Waals surface area (Å²) in [4.78, 5) is 31.1. The van der Waals surface area contributed by atoms with Crippen LogP contribution in [0.15, 0.2) is 37.2 Å². The normalized spacial score (nSPS) is 20.1. The SMILES string of the molecule is C=Cc1cc(-c2cc(N)c(N3CCN(C(=O)COC)[C@H](C4CC4)C3)nc2C2CC2)c2ccncc2n1. The van der Waals surface area contributed by atoms with Crippen molar-refractivity contribution in [2.45, 2.75) is 37.6 Å². The van der Waals surface area contributed by atoms with Gasteiger partial charge in [-0.2, -0.15) is 0 Å². The minimum absolute atomic E-state index is 0.0704. The van der Waals surface area contributed by atoms with E-state index in [9.17, 15) is 4.79 Å². The zero-order chi connectivity index (χ0) is 24.8. The Labute approximate surface area is 211 Å². The van der Waals surface area contributed by atoms with Crippen LogP contribution in [0.3, 0.4) is 0 Å². The highest BCUT2D eigenvalue weighted by atomic mass is 16.5. The average molecular weight is 485 g/mol. The van der Waals surface area contributed by atoms with Crippen molar-refractivity contribution in [1.29, 1.82) is 0 Å². The molecule has 3 aromatic rings. The predicted molar refractivity (Wildman–Crippen MR) is 142 cm³/mol. The van der Waals surface area contributed by atoms with E-state index in [0.29, 0.717) is 30.6 Å². The van der Waals surface area contributed by atoms with Crippen LogP contribution in [0.5, 0.6) is 0 Å². The highest BCUT2D eigenvalue weighted by Gasteiger charge is 2.41. The van der Waals surface area contributed by atoms with Crippen molar-refractivity contribution in [3.05, 3.63) is 48.6 Å². The van der Waals surface area contributed by atoms with Gasteiger partial charge in [0.15, 0.2) is 5.82 Å². The lowest BCUT2D eigenvalue weighted by molar-refractivity contribution is -0.138. The number of fused-ring (bicyclic) bond motifs is 1. The van der Waals surface area contributed by atoms with Crippen LogP contribution in [0, 0.1) is 5.92 Å². The summed E-state index contributed by atoms with van der Waals surface area (Å²) in [5.74, 6) is 1.89. The summed E-state index contributed by atoms with van der Waals surface area (Å²) in [6, 6.07) is 6.34. The van der Waals surface area contributed by atoms with Crippen molar-refractivity contribution in [2.75, 3.05) is 44.0 Å². The minimum atomic E-state index is 0.0704. The molecule has 3 aliphatic rings. The number of nitrogen functional groups attached to an aromatic ring is 1. The molecule has 1 atom stereocenters. The summed E-state index contributed by atoms with van der Waals surface area (Å²) in [5, 5.41) is 1.03. The van der Waals surface area contributed by atoms with Crippen LogP contribution in [0.4, 0.5) is 11.5 Å². The van der Waals surface area contributed by atoms with Gasteiger partial charge in [-0.25, -0.2) is 9.97 Å². The molecule has 3 aromatic heterocycles. The number of aromatic nitrogens is 3. The molecule has 0 radical (unpaired) electrons. The van der Waals surface area contributed by atoms with E-state index in [1.54, 1.807) is 25.6 Å². The topological polar surface area (TPSA) is 97.5 Å². The maximum atomic E-state index is 12.7. The summed E-state index contributed by atoms with van der Waals surface area (Å²) in [6.45, 7) is 6.19. The van der Waals surface area contributed by atoms with E-state index in [1.165, 1.54) is 12.8 Å². The predicted octanol–water partition coefficient (Wildman–Crippen LogP) is 3.87. The monoisotopic (exact) mass is 484 g/mol. The smallest absolute Gasteiger partial charge is 0.248 e. The highest BCUT2D eigenvalue weighted by molar-refractivity contribution is 5.96. The van der Waals surface area contributed by atoms with Crippen molar-refractivity contribution >= 4 is 34.4 Å². The molecule has 186 valence electrons. The van der Waals surface area contributed by atoms with Crippen LogP contribution in [0.2, 0.25) is 0 Å². The van der Waals surface area contributed by atoms with Crippen LogP contribution >= 0.6 is 0 Å². The number of piperazine rings is 1. The number of hydrogen-bond acceptors (Lipinski definition) is 7. The number of methoxy groups -OCH3 is 1. The number of nitrogens with zero attached hydrogens (tertiary/aromatic N) is 5. The van der Waals surface area contributed by atoms with Crippen molar-refractivity contribution in [3.63, 3.8) is 0 Å². The standard InChI is InChI=1S/C28H32N6O2/c1-3-19-12-21(20-8-9-30-14-24(20)31-19)22-13-23(29)28(32-27(22)18-6-7-18)33-10-11-34(26(35)16-36-2)25(15-33)17-4-5-17/h3,8-9,12-14,17-18,25H,1,4-7,10-11,15-16,29H2,2H3/t25-/m0/s1. The van der Waals surface area contributed by atoms with Gasteiger partial charge < -0.3 is 20.3 Å².